The Kier molecular flexibility index (Phi) is 5.95. The summed E-state index contributed by atoms with van der Waals surface area (Å²) < 4.78 is 7.67. The number of nitrogens with zero attached hydrogens (tertiary/aromatic N) is 5. The Morgan fingerprint density at radius 2 is 1.92 bits per heavy atom. The van der Waals surface area contributed by atoms with E-state index in [1.54, 1.807) is 18.2 Å². The highest BCUT2D eigenvalue weighted by atomic mass is 35.5. The van der Waals surface area contributed by atoms with Crippen LogP contribution in [0.4, 0.5) is 5.82 Å². The molecule has 2 bridgehead atoms. The smallest absolute Gasteiger partial charge is 0.258 e. The summed E-state index contributed by atoms with van der Waals surface area (Å²) in [5.41, 5.74) is 3.05. The van der Waals surface area contributed by atoms with Gasteiger partial charge in [-0.25, -0.2) is 4.98 Å². The Hall–Kier alpha value is -3.33. The highest BCUT2D eigenvalue weighted by molar-refractivity contribution is 6.31. The minimum absolute atomic E-state index is 0.175. The number of benzene rings is 1. The predicted molar refractivity (Wildman–Crippen MR) is 136 cm³/mol. The second-order valence-corrected chi connectivity index (χ2v) is 10.3. The summed E-state index contributed by atoms with van der Waals surface area (Å²) in [4.78, 5) is 35.2. The lowest BCUT2D eigenvalue weighted by molar-refractivity contribution is -0.123. The molecule has 2 aliphatic heterocycles. The van der Waals surface area contributed by atoms with Crippen molar-refractivity contribution in [3.05, 3.63) is 52.3 Å². The fourth-order valence-electron chi connectivity index (χ4n) is 5.12. The first-order chi connectivity index (χ1) is 17.5. The summed E-state index contributed by atoms with van der Waals surface area (Å²) in [5, 5.41) is 8.32. The zero-order chi connectivity index (χ0) is 24.8. The topological polar surface area (TPSA) is 92.1 Å². The minimum Gasteiger partial charge on any atom is -0.483 e. The number of carbonyl (C=O) groups excluding carboxylic acids is 2. The lowest BCUT2D eigenvalue weighted by atomic mass is 9.98. The molecule has 10 heteroatoms. The molecule has 188 valence electrons. The first-order valence-electron chi connectivity index (χ1n) is 12.6. The van der Waals surface area contributed by atoms with Gasteiger partial charge in [0.05, 0.1) is 17.3 Å². The minimum atomic E-state index is -0.250. The van der Waals surface area contributed by atoms with Crippen LogP contribution in [0.15, 0.2) is 30.3 Å². The largest absolute Gasteiger partial charge is 0.483 e. The fraction of sp³-hybridized carbons (Fsp3) is 0.462. The van der Waals surface area contributed by atoms with Gasteiger partial charge in [-0.15, -0.1) is 0 Å². The second-order valence-electron chi connectivity index (χ2n) is 9.86. The van der Waals surface area contributed by atoms with Crippen molar-refractivity contribution in [2.24, 2.45) is 0 Å². The van der Waals surface area contributed by atoms with Gasteiger partial charge >= 0.3 is 0 Å². The number of aromatic nitrogens is 3. The fourth-order valence-corrected chi connectivity index (χ4v) is 5.29. The summed E-state index contributed by atoms with van der Waals surface area (Å²) in [6, 6.07) is 8.88. The lowest BCUT2D eigenvalue weighted by Crippen LogP contribution is -2.39. The molecule has 2 aromatic heterocycles. The maximum atomic E-state index is 13.9. The maximum absolute atomic E-state index is 13.9. The van der Waals surface area contributed by atoms with E-state index in [2.05, 4.69) is 16.3 Å². The molecular weight excluding hydrogens is 480 g/mol. The van der Waals surface area contributed by atoms with E-state index >= 15 is 0 Å². The summed E-state index contributed by atoms with van der Waals surface area (Å²) in [7, 11) is 2.00. The van der Waals surface area contributed by atoms with Gasteiger partial charge in [-0.05, 0) is 50.3 Å². The van der Waals surface area contributed by atoms with Crippen LogP contribution >= 0.6 is 11.6 Å². The molecule has 36 heavy (non-hydrogen) atoms. The Morgan fingerprint density at radius 1 is 1.06 bits per heavy atom. The van der Waals surface area contributed by atoms with Gasteiger partial charge in [-0.1, -0.05) is 11.6 Å². The molecule has 1 atom stereocenters. The van der Waals surface area contributed by atoms with Crippen LogP contribution in [0.3, 0.4) is 0 Å². The summed E-state index contributed by atoms with van der Waals surface area (Å²) in [6.45, 7) is 1.47. The number of anilines is 1. The van der Waals surface area contributed by atoms with Crippen LogP contribution < -0.4 is 15.0 Å². The molecule has 3 aliphatic rings. The Labute approximate surface area is 214 Å². The Balaban J connectivity index is 1.47. The summed E-state index contributed by atoms with van der Waals surface area (Å²) in [6.07, 6.45) is 5.03. The lowest BCUT2D eigenvalue weighted by Gasteiger charge is -2.35. The molecule has 1 saturated heterocycles. The molecule has 0 spiro atoms. The molecule has 1 aliphatic carbocycles. The molecular formula is C26H29ClN6O3. The molecule has 6 rings (SSSR count). The van der Waals surface area contributed by atoms with E-state index < -0.39 is 0 Å². The molecule has 1 saturated carbocycles. The molecule has 0 radical (unpaired) electrons. The summed E-state index contributed by atoms with van der Waals surface area (Å²) in [5.74, 6) is 1.34. The van der Waals surface area contributed by atoms with E-state index in [-0.39, 0.29) is 24.5 Å². The van der Waals surface area contributed by atoms with E-state index in [1.165, 1.54) is 0 Å². The molecule has 1 aromatic carbocycles. The number of likely N-dealkylation sites (N-methyl/N-ethyl adjacent to an activating group) is 1. The highest BCUT2D eigenvalue weighted by Gasteiger charge is 2.33. The van der Waals surface area contributed by atoms with Crippen LogP contribution in [0.1, 0.15) is 65.8 Å². The van der Waals surface area contributed by atoms with Gasteiger partial charge in [-0.2, -0.15) is 9.61 Å². The Morgan fingerprint density at radius 3 is 2.75 bits per heavy atom. The van der Waals surface area contributed by atoms with E-state index in [0.29, 0.717) is 41.9 Å². The third-order valence-electron chi connectivity index (χ3n) is 7.24. The standard InChI is InChI=1S/C26H29ClN6O3/c1-31-11-9-28-24(34)15-36-22-8-7-17(27)12-18(22)26(35)32-10-3-2-4-21(32)20-13-23-29-19(16-5-6-16)14-25(31)33(23)30-20/h7-8,12-14,16,21H,2-6,9-11,15H2,1H3,(H,28,34)/t21-/m0/s1. The average Bonchev–Trinajstić information content (AvgIpc) is 3.65. The van der Waals surface area contributed by atoms with Gasteiger partial charge in [0.1, 0.15) is 11.6 Å². The van der Waals surface area contributed by atoms with Gasteiger partial charge < -0.3 is 19.9 Å². The van der Waals surface area contributed by atoms with E-state index in [0.717, 1.165) is 55.0 Å². The molecule has 2 amide bonds. The van der Waals surface area contributed by atoms with E-state index in [4.69, 9.17) is 26.4 Å². The first-order valence-corrected chi connectivity index (χ1v) is 13.0. The van der Waals surface area contributed by atoms with Crippen LogP contribution in [0.2, 0.25) is 5.02 Å². The number of piperidine rings is 1. The quantitative estimate of drug-likeness (QED) is 0.540. The van der Waals surface area contributed by atoms with Crippen LogP contribution in [0.5, 0.6) is 5.75 Å². The van der Waals surface area contributed by atoms with Crippen LogP contribution in [0, 0.1) is 0 Å². The average molecular weight is 509 g/mol. The highest BCUT2D eigenvalue weighted by Crippen LogP contribution is 2.41. The van der Waals surface area contributed by atoms with Crippen molar-refractivity contribution in [3.8, 4) is 5.75 Å². The van der Waals surface area contributed by atoms with Crippen molar-refractivity contribution < 1.29 is 14.3 Å². The van der Waals surface area contributed by atoms with Crippen molar-refractivity contribution in [3.63, 3.8) is 0 Å². The van der Waals surface area contributed by atoms with Crippen molar-refractivity contribution >= 4 is 34.9 Å². The van der Waals surface area contributed by atoms with Crippen molar-refractivity contribution in [1.82, 2.24) is 24.8 Å². The predicted octanol–water partition coefficient (Wildman–Crippen LogP) is 3.57. The molecule has 4 heterocycles. The Bertz CT molecular complexity index is 1340. The molecule has 2 fully saturated rings. The second kappa shape index (κ2) is 9.28. The number of halogens is 1. The van der Waals surface area contributed by atoms with Gasteiger partial charge in [0.2, 0.25) is 0 Å². The van der Waals surface area contributed by atoms with Gasteiger partial charge in [0.25, 0.3) is 11.8 Å². The number of fused-ring (bicyclic) bond motifs is 4. The van der Waals surface area contributed by atoms with Crippen molar-refractivity contribution in [2.75, 3.05) is 38.2 Å². The third-order valence-corrected chi connectivity index (χ3v) is 7.47. The number of nitrogens with one attached hydrogen (secondary N) is 1. The van der Waals surface area contributed by atoms with Crippen molar-refractivity contribution in [2.45, 2.75) is 44.1 Å². The normalized spacial score (nSPS) is 21.2. The van der Waals surface area contributed by atoms with Crippen LogP contribution in [-0.2, 0) is 4.79 Å². The number of ether oxygens (including phenoxy) is 1. The number of amides is 2. The zero-order valence-corrected chi connectivity index (χ0v) is 21.0. The van der Waals surface area contributed by atoms with Gasteiger partial charge in [0.15, 0.2) is 12.3 Å². The molecule has 3 aromatic rings. The monoisotopic (exact) mass is 508 g/mol. The van der Waals surface area contributed by atoms with E-state index in [1.807, 2.05) is 22.5 Å². The van der Waals surface area contributed by atoms with Gasteiger partial charge in [0, 0.05) is 55.4 Å². The van der Waals surface area contributed by atoms with Crippen molar-refractivity contribution in [1.29, 1.82) is 0 Å². The molecule has 0 unspecified atom stereocenters. The SMILES string of the molecule is CN1CCNC(=O)COc2ccc(Cl)cc2C(=O)N2CCCC[C@H]2c2cc3nc(C4CC4)cc1n3n2. The molecule has 1 N–H and O–H groups in total. The zero-order valence-electron chi connectivity index (χ0n) is 20.2. The number of hydrogen-bond donors (Lipinski definition) is 1. The summed E-state index contributed by atoms with van der Waals surface area (Å²) >= 11 is 6.27. The third kappa shape index (κ3) is 4.36. The first kappa shape index (κ1) is 23.1. The number of hydrogen-bond acceptors (Lipinski definition) is 6. The maximum Gasteiger partial charge on any atom is 0.258 e. The van der Waals surface area contributed by atoms with Gasteiger partial charge in [-0.3, -0.25) is 9.59 Å². The van der Waals surface area contributed by atoms with Crippen LogP contribution in [-0.4, -0.2) is 64.6 Å². The number of carbonyl (C=O) groups is 2. The van der Waals surface area contributed by atoms with Crippen LogP contribution in [0.25, 0.3) is 5.65 Å². The number of rotatable bonds is 1. The molecule has 9 nitrogen and oxygen atoms in total. The van der Waals surface area contributed by atoms with E-state index in [9.17, 15) is 9.59 Å².